The summed E-state index contributed by atoms with van der Waals surface area (Å²) in [5.41, 5.74) is 1.15. The molecule has 0 atom stereocenters. The zero-order chi connectivity index (χ0) is 16.1. The highest BCUT2D eigenvalue weighted by Crippen LogP contribution is 2.30. The highest BCUT2D eigenvalue weighted by Gasteiger charge is 2.10. The van der Waals surface area contributed by atoms with Gasteiger partial charge in [0.25, 0.3) is 0 Å². The first kappa shape index (κ1) is 16.5. The molecule has 0 amide bonds. The molecule has 0 bridgehead atoms. The molecule has 7 heteroatoms. The highest BCUT2D eigenvalue weighted by molar-refractivity contribution is 6.36. The fraction of sp³-hybridized carbons (Fsp3) is 0.133. The van der Waals surface area contributed by atoms with Crippen LogP contribution in [0.3, 0.4) is 0 Å². The molecule has 1 radical (unpaired) electrons. The van der Waals surface area contributed by atoms with Crippen LogP contribution in [0.15, 0.2) is 30.6 Å². The van der Waals surface area contributed by atoms with Gasteiger partial charge in [0.2, 0.25) is 0 Å². The number of pyridine rings is 1. The molecule has 0 saturated carbocycles. The SMILES string of the molecule is COc1cc(/[C]=C\c2c(Cl)cncc2Cl)ccc1OC(F)F. The van der Waals surface area contributed by atoms with Gasteiger partial charge in [0.15, 0.2) is 11.5 Å². The second-order valence-corrected chi connectivity index (χ2v) is 4.86. The van der Waals surface area contributed by atoms with Gasteiger partial charge in [-0.3, -0.25) is 4.98 Å². The summed E-state index contributed by atoms with van der Waals surface area (Å²) in [6.45, 7) is -2.92. The Morgan fingerprint density at radius 2 is 1.86 bits per heavy atom. The standard InChI is InChI=1S/C15H10Cl2F2NO2/c1-21-14-6-9(3-5-13(14)22-15(18)19)2-4-10-11(16)7-20-8-12(10)17/h3-8,15H,1H3. The van der Waals surface area contributed by atoms with Crippen LogP contribution >= 0.6 is 23.2 Å². The number of hydrogen-bond donors (Lipinski definition) is 0. The minimum atomic E-state index is -2.92. The predicted molar refractivity (Wildman–Crippen MR) is 80.7 cm³/mol. The molecule has 2 rings (SSSR count). The molecule has 2 aromatic rings. The topological polar surface area (TPSA) is 31.4 Å². The summed E-state index contributed by atoms with van der Waals surface area (Å²) in [6.07, 6.45) is 7.45. The first-order valence-electron chi connectivity index (χ1n) is 6.03. The van der Waals surface area contributed by atoms with Crippen molar-refractivity contribution in [1.29, 1.82) is 0 Å². The first-order valence-corrected chi connectivity index (χ1v) is 6.78. The van der Waals surface area contributed by atoms with Crippen molar-refractivity contribution in [3.8, 4) is 11.5 Å². The summed E-state index contributed by atoms with van der Waals surface area (Å²) in [7, 11) is 1.36. The van der Waals surface area contributed by atoms with Crippen LogP contribution in [0.1, 0.15) is 11.1 Å². The summed E-state index contributed by atoms with van der Waals surface area (Å²) in [6, 6.07) is 4.44. The number of rotatable bonds is 5. The van der Waals surface area contributed by atoms with Gasteiger partial charge in [0.05, 0.1) is 17.2 Å². The molecule has 0 N–H and O–H groups in total. The van der Waals surface area contributed by atoms with E-state index in [2.05, 4.69) is 15.8 Å². The van der Waals surface area contributed by atoms with Crippen LogP contribution in [-0.2, 0) is 0 Å². The maximum atomic E-state index is 12.3. The number of alkyl halides is 2. The van der Waals surface area contributed by atoms with Gasteiger partial charge in [-0.15, -0.1) is 0 Å². The molecule has 0 aliphatic carbocycles. The molecule has 0 saturated heterocycles. The van der Waals surface area contributed by atoms with Crippen molar-refractivity contribution < 1.29 is 18.3 Å². The smallest absolute Gasteiger partial charge is 0.387 e. The third kappa shape index (κ3) is 4.08. The van der Waals surface area contributed by atoms with E-state index in [9.17, 15) is 8.78 Å². The summed E-state index contributed by atoms with van der Waals surface area (Å²) in [4.78, 5) is 3.85. The monoisotopic (exact) mass is 344 g/mol. The van der Waals surface area contributed by atoms with E-state index in [1.807, 2.05) is 0 Å². The highest BCUT2D eigenvalue weighted by atomic mass is 35.5. The van der Waals surface area contributed by atoms with E-state index in [-0.39, 0.29) is 11.5 Å². The van der Waals surface area contributed by atoms with E-state index in [1.54, 1.807) is 12.1 Å². The molecule has 22 heavy (non-hydrogen) atoms. The van der Waals surface area contributed by atoms with Gasteiger partial charge >= 0.3 is 6.61 Å². The number of ether oxygens (including phenoxy) is 2. The van der Waals surface area contributed by atoms with E-state index in [1.165, 1.54) is 31.6 Å². The van der Waals surface area contributed by atoms with Gasteiger partial charge in [-0.05, 0) is 29.8 Å². The Balaban J connectivity index is 2.28. The van der Waals surface area contributed by atoms with Crippen molar-refractivity contribution in [2.45, 2.75) is 6.61 Å². The van der Waals surface area contributed by atoms with Crippen molar-refractivity contribution in [1.82, 2.24) is 4.98 Å². The second-order valence-electron chi connectivity index (χ2n) is 4.05. The Labute approximate surface area is 136 Å². The molecule has 1 aromatic carbocycles. The number of nitrogens with zero attached hydrogens (tertiary/aromatic N) is 1. The van der Waals surface area contributed by atoms with E-state index in [0.717, 1.165) is 0 Å². The average molecular weight is 345 g/mol. The molecular formula is C15H10Cl2F2NO2. The van der Waals surface area contributed by atoms with Crippen LogP contribution in [0.4, 0.5) is 8.78 Å². The Morgan fingerprint density at radius 3 is 2.45 bits per heavy atom. The lowest BCUT2D eigenvalue weighted by atomic mass is 10.1. The Bertz CT molecular complexity index is 673. The Kier molecular flexibility index (Phi) is 5.57. The van der Waals surface area contributed by atoms with Crippen LogP contribution < -0.4 is 9.47 Å². The maximum Gasteiger partial charge on any atom is 0.387 e. The molecule has 0 aliphatic rings. The summed E-state index contributed by atoms with van der Waals surface area (Å²) in [5, 5.41) is 0.759. The van der Waals surface area contributed by atoms with Crippen molar-refractivity contribution in [2.75, 3.05) is 7.11 Å². The van der Waals surface area contributed by atoms with Crippen molar-refractivity contribution in [3.05, 3.63) is 57.8 Å². The van der Waals surface area contributed by atoms with Gasteiger partial charge < -0.3 is 9.47 Å². The van der Waals surface area contributed by atoms with E-state index < -0.39 is 6.61 Å². The number of hydrogen-bond acceptors (Lipinski definition) is 3. The van der Waals surface area contributed by atoms with Crippen LogP contribution in [0.2, 0.25) is 10.0 Å². The molecule has 1 heterocycles. The quantitative estimate of drug-likeness (QED) is 0.775. The van der Waals surface area contributed by atoms with Crippen LogP contribution in [0, 0.1) is 6.08 Å². The van der Waals surface area contributed by atoms with Crippen molar-refractivity contribution >= 4 is 29.3 Å². The van der Waals surface area contributed by atoms with Gasteiger partial charge in [0, 0.05) is 18.0 Å². The Morgan fingerprint density at radius 1 is 1.18 bits per heavy atom. The van der Waals surface area contributed by atoms with E-state index in [0.29, 0.717) is 21.2 Å². The number of benzene rings is 1. The molecule has 0 aliphatic heterocycles. The minimum Gasteiger partial charge on any atom is -0.493 e. The van der Waals surface area contributed by atoms with E-state index in [4.69, 9.17) is 27.9 Å². The first-order chi connectivity index (χ1) is 10.5. The zero-order valence-corrected chi connectivity index (χ0v) is 12.8. The fourth-order valence-corrected chi connectivity index (χ4v) is 2.14. The molecule has 0 fully saturated rings. The summed E-state index contributed by atoms with van der Waals surface area (Å²) >= 11 is 12.0. The lowest BCUT2D eigenvalue weighted by molar-refractivity contribution is -0.0512. The lowest BCUT2D eigenvalue weighted by Gasteiger charge is -2.10. The van der Waals surface area contributed by atoms with Crippen molar-refractivity contribution in [2.24, 2.45) is 0 Å². The van der Waals surface area contributed by atoms with Gasteiger partial charge in [0.1, 0.15) is 0 Å². The third-order valence-electron chi connectivity index (χ3n) is 2.65. The van der Waals surface area contributed by atoms with Crippen LogP contribution in [0.5, 0.6) is 11.5 Å². The maximum absolute atomic E-state index is 12.3. The molecule has 115 valence electrons. The molecule has 1 aromatic heterocycles. The van der Waals surface area contributed by atoms with Gasteiger partial charge in [-0.2, -0.15) is 8.78 Å². The molecular weight excluding hydrogens is 335 g/mol. The normalized spacial score (nSPS) is 11.2. The minimum absolute atomic E-state index is 0.0528. The Hall–Kier alpha value is -1.85. The zero-order valence-electron chi connectivity index (χ0n) is 11.3. The number of aromatic nitrogens is 1. The summed E-state index contributed by atoms with van der Waals surface area (Å²) in [5.74, 6) is 0.119. The number of methoxy groups -OCH3 is 1. The molecule has 0 spiro atoms. The largest absolute Gasteiger partial charge is 0.493 e. The van der Waals surface area contributed by atoms with Gasteiger partial charge in [-0.25, -0.2) is 0 Å². The predicted octanol–water partition coefficient (Wildman–Crippen LogP) is 4.86. The third-order valence-corrected chi connectivity index (χ3v) is 3.26. The van der Waals surface area contributed by atoms with E-state index >= 15 is 0 Å². The second kappa shape index (κ2) is 7.42. The fourth-order valence-electron chi connectivity index (χ4n) is 1.67. The molecule has 0 unspecified atom stereocenters. The molecule has 3 nitrogen and oxygen atoms in total. The van der Waals surface area contributed by atoms with Crippen LogP contribution in [-0.4, -0.2) is 18.7 Å². The van der Waals surface area contributed by atoms with Crippen LogP contribution in [0.25, 0.3) is 6.08 Å². The summed E-state index contributed by atoms with van der Waals surface area (Å²) < 4.78 is 33.9. The van der Waals surface area contributed by atoms with Gasteiger partial charge in [-0.1, -0.05) is 29.3 Å². The lowest BCUT2D eigenvalue weighted by Crippen LogP contribution is -2.03. The van der Waals surface area contributed by atoms with Crippen molar-refractivity contribution in [3.63, 3.8) is 0 Å². The average Bonchev–Trinajstić information content (AvgIpc) is 2.47. The number of halogens is 4.